The summed E-state index contributed by atoms with van der Waals surface area (Å²) < 4.78 is 0. The van der Waals surface area contributed by atoms with Gasteiger partial charge in [-0.1, -0.05) is 36.4 Å². The van der Waals surface area contributed by atoms with Crippen LogP contribution in [0.2, 0.25) is 0 Å². The molecule has 5 nitrogen and oxygen atoms in total. The van der Waals surface area contributed by atoms with E-state index in [1.54, 1.807) is 0 Å². The first kappa shape index (κ1) is 16.6. The molecule has 0 spiro atoms. The molecule has 2 aromatic rings. The fourth-order valence-corrected chi connectivity index (χ4v) is 3.84. The number of hydrogen-bond acceptors (Lipinski definition) is 2. The van der Waals surface area contributed by atoms with Crippen LogP contribution >= 0.6 is 0 Å². The molecule has 0 aliphatic heterocycles. The summed E-state index contributed by atoms with van der Waals surface area (Å²) in [6.07, 6.45) is 4.22. The number of benzene rings is 2. The topological polar surface area (TPSA) is 75.4 Å². The van der Waals surface area contributed by atoms with E-state index in [0.717, 1.165) is 31.2 Å². The van der Waals surface area contributed by atoms with Crippen LogP contribution in [-0.2, 0) is 13.0 Å². The average Bonchev–Trinajstić information content (AvgIpc) is 3.40. The molecule has 1 saturated carbocycles. The van der Waals surface area contributed by atoms with Crippen LogP contribution in [0.1, 0.15) is 52.4 Å². The SMILES string of the molecule is NC(=O)NCc1ccc(C(=O)N(C2CC2)[C@H]2CCc3ccccc32)cc1. The Bertz CT molecular complexity index is 827. The van der Waals surface area contributed by atoms with Crippen LogP contribution in [0.3, 0.4) is 0 Å². The van der Waals surface area contributed by atoms with Crippen molar-refractivity contribution in [2.75, 3.05) is 0 Å². The number of fused-ring (bicyclic) bond motifs is 1. The number of carbonyl (C=O) groups excluding carboxylic acids is 2. The second-order valence-electron chi connectivity index (χ2n) is 7.11. The van der Waals surface area contributed by atoms with E-state index >= 15 is 0 Å². The minimum atomic E-state index is -0.551. The monoisotopic (exact) mass is 349 g/mol. The predicted octanol–water partition coefficient (Wildman–Crippen LogP) is 3.15. The van der Waals surface area contributed by atoms with Gasteiger partial charge in [-0.2, -0.15) is 0 Å². The number of primary amides is 1. The van der Waals surface area contributed by atoms with Gasteiger partial charge in [0.05, 0.1) is 6.04 Å². The Morgan fingerprint density at radius 1 is 1.04 bits per heavy atom. The molecule has 26 heavy (non-hydrogen) atoms. The van der Waals surface area contributed by atoms with Gasteiger partial charge in [0.1, 0.15) is 0 Å². The number of rotatable bonds is 5. The fourth-order valence-electron chi connectivity index (χ4n) is 3.84. The van der Waals surface area contributed by atoms with Crippen LogP contribution in [0.15, 0.2) is 48.5 Å². The van der Waals surface area contributed by atoms with E-state index in [9.17, 15) is 9.59 Å². The predicted molar refractivity (Wildman–Crippen MR) is 99.6 cm³/mol. The highest BCUT2D eigenvalue weighted by Gasteiger charge is 2.40. The number of nitrogens with one attached hydrogen (secondary N) is 1. The molecular weight excluding hydrogens is 326 g/mol. The number of hydrogen-bond donors (Lipinski definition) is 2. The molecule has 0 aromatic heterocycles. The molecule has 0 radical (unpaired) electrons. The van der Waals surface area contributed by atoms with Crippen LogP contribution in [0.25, 0.3) is 0 Å². The summed E-state index contributed by atoms with van der Waals surface area (Å²) in [7, 11) is 0. The van der Waals surface area contributed by atoms with Crippen molar-refractivity contribution in [1.82, 2.24) is 10.2 Å². The van der Waals surface area contributed by atoms with Gasteiger partial charge >= 0.3 is 6.03 Å². The van der Waals surface area contributed by atoms with Crippen LogP contribution < -0.4 is 11.1 Å². The van der Waals surface area contributed by atoms with Gasteiger partial charge in [-0.05, 0) is 54.5 Å². The number of carbonyl (C=O) groups is 2. The first-order valence-electron chi connectivity index (χ1n) is 9.16. The Balaban J connectivity index is 1.54. The third-order valence-electron chi connectivity index (χ3n) is 5.28. The van der Waals surface area contributed by atoms with E-state index in [2.05, 4.69) is 34.5 Å². The standard InChI is InChI=1S/C21H23N3O2/c22-21(26)23-13-14-5-7-16(8-6-14)20(25)24(17-10-11-17)19-12-9-15-3-1-2-4-18(15)19/h1-8,17,19H,9-13H2,(H3,22,23,26)/t19-/m0/s1. The van der Waals surface area contributed by atoms with Crippen molar-refractivity contribution in [3.05, 3.63) is 70.8 Å². The Labute approximate surface area is 153 Å². The maximum absolute atomic E-state index is 13.2. The maximum Gasteiger partial charge on any atom is 0.312 e. The van der Waals surface area contributed by atoms with Gasteiger partial charge < -0.3 is 16.0 Å². The van der Waals surface area contributed by atoms with Gasteiger partial charge in [0.15, 0.2) is 0 Å². The maximum atomic E-state index is 13.2. The van der Waals surface area contributed by atoms with Crippen molar-refractivity contribution in [2.24, 2.45) is 5.73 Å². The van der Waals surface area contributed by atoms with Gasteiger partial charge in [-0.25, -0.2) is 4.79 Å². The first-order chi connectivity index (χ1) is 12.6. The van der Waals surface area contributed by atoms with E-state index in [-0.39, 0.29) is 11.9 Å². The molecule has 4 rings (SSSR count). The van der Waals surface area contributed by atoms with Crippen molar-refractivity contribution in [2.45, 2.75) is 44.3 Å². The van der Waals surface area contributed by atoms with Crippen molar-refractivity contribution in [3.8, 4) is 0 Å². The Morgan fingerprint density at radius 3 is 2.46 bits per heavy atom. The molecule has 0 heterocycles. The molecule has 2 aliphatic rings. The van der Waals surface area contributed by atoms with Crippen LogP contribution in [0.5, 0.6) is 0 Å². The Kier molecular flexibility index (Phi) is 4.37. The van der Waals surface area contributed by atoms with Gasteiger partial charge in [0.2, 0.25) is 0 Å². The van der Waals surface area contributed by atoms with Crippen molar-refractivity contribution >= 4 is 11.9 Å². The molecule has 1 atom stereocenters. The highest BCUT2D eigenvalue weighted by atomic mass is 16.2. The van der Waals surface area contributed by atoms with Crippen LogP contribution in [0, 0.1) is 0 Å². The van der Waals surface area contributed by atoms with Gasteiger partial charge in [-0.15, -0.1) is 0 Å². The second kappa shape index (κ2) is 6.83. The Hall–Kier alpha value is -2.82. The molecule has 0 bridgehead atoms. The number of aryl methyl sites for hydroxylation is 1. The van der Waals surface area contributed by atoms with E-state index < -0.39 is 6.03 Å². The molecule has 0 saturated heterocycles. The normalized spacial score (nSPS) is 18.2. The zero-order valence-electron chi connectivity index (χ0n) is 14.7. The third-order valence-corrected chi connectivity index (χ3v) is 5.28. The molecule has 5 heteroatoms. The summed E-state index contributed by atoms with van der Waals surface area (Å²) in [5.74, 6) is 0.101. The summed E-state index contributed by atoms with van der Waals surface area (Å²) in [5, 5.41) is 2.56. The summed E-state index contributed by atoms with van der Waals surface area (Å²) in [6.45, 7) is 0.367. The quantitative estimate of drug-likeness (QED) is 0.870. The van der Waals surface area contributed by atoms with Crippen LogP contribution in [0.4, 0.5) is 4.79 Å². The highest BCUT2D eigenvalue weighted by molar-refractivity contribution is 5.95. The third kappa shape index (κ3) is 3.29. The lowest BCUT2D eigenvalue weighted by atomic mass is 10.0. The summed E-state index contributed by atoms with van der Waals surface area (Å²) in [6, 6.07) is 15.9. The van der Waals surface area contributed by atoms with Crippen molar-refractivity contribution in [3.63, 3.8) is 0 Å². The van der Waals surface area contributed by atoms with E-state index in [1.165, 1.54) is 11.1 Å². The number of nitrogens with zero attached hydrogens (tertiary/aromatic N) is 1. The highest BCUT2D eigenvalue weighted by Crippen LogP contribution is 2.42. The van der Waals surface area contributed by atoms with Gasteiger partial charge in [0, 0.05) is 18.2 Å². The summed E-state index contributed by atoms with van der Waals surface area (Å²) in [5.41, 5.74) is 9.38. The van der Waals surface area contributed by atoms with Crippen LogP contribution in [-0.4, -0.2) is 22.9 Å². The largest absolute Gasteiger partial charge is 0.352 e. The Morgan fingerprint density at radius 2 is 1.77 bits per heavy atom. The summed E-state index contributed by atoms with van der Waals surface area (Å²) >= 11 is 0. The fraction of sp³-hybridized carbons (Fsp3) is 0.333. The smallest absolute Gasteiger partial charge is 0.312 e. The molecule has 1 fully saturated rings. The number of urea groups is 1. The number of nitrogens with two attached hydrogens (primary N) is 1. The molecular formula is C21H23N3O2. The minimum absolute atomic E-state index is 0.101. The van der Waals surface area contributed by atoms with E-state index in [0.29, 0.717) is 18.2 Å². The van der Waals surface area contributed by atoms with E-state index in [1.807, 2.05) is 24.3 Å². The lowest BCUT2D eigenvalue weighted by molar-refractivity contribution is 0.0658. The molecule has 2 aromatic carbocycles. The zero-order chi connectivity index (χ0) is 18.1. The minimum Gasteiger partial charge on any atom is -0.352 e. The van der Waals surface area contributed by atoms with Gasteiger partial charge in [0.25, 0.3) is 5.91 Å². The summed E-state index contributed by atoms with van der Waals surface area (Å²) in [4.78, 5) is 26.2. The first-order valence-corrected chi connectivity index (χ1v) is 9.16. The zero-order valence-corrected chi connectivity index (χ0v) is 14.7. The molecule has 3 amide bonds. The molecule has 2 aliphatic carbocycles. The second-order valence-corrected chi connectivity index (χ2v) is 7.11. The van der Waals surface area contributed by atoms with E-state index in [4.69, 9.17) is 5.73 Å². The van der Waals surface area contributed by atoms with Crippen molar-refractivity contribution in [1.29, 1.82) is 0 Å². The average molecular weight is 349 g/mol. The van der Waals surface area contributed by atoms with Gasteiger partial charge in [-0.3, -0.25) is 4.79 Å². The lowest BCUT2D eigenvalue weighted by Gasteiger charge is -2.30. The van der Waals surface area contributed by atoms with Crippen molar-refractivity contribution < 1.29 is 9.59 Å². The molecule has 134 valence electrons. The molecule has 0 unspecified atom stereocenters. The molecule has 3 N–H and O–H groups in total. The number of amides is 3. The lowest BCUT2D eigenvalue weighted by Crippen LogP contribution is -2.36.